The maximum Gasteiger partial charge on any atom is 0.258 e. The highest BCUT2D eigenvalue weighted by molar-refractivity contribution is 5.59. The van der Waals surface area contributed by atoms with Gasteiger partial charge in [-0.1, -0.05) is 43.3 Å². The van der Waals surface area contributed by atoms with Gasteiger partial charge in [-0.05, 0) is 41.5 Å². The van der Waals surface area contributed by atoms with Crippen molar-refractivity contribution in [2.45, 2.75) is 25.8 Å². The molecule has 0 radical (unpaired) electrons. The zero-order valence-corrected chi connectivity index (χ0v) is 21.1. The smallest absolute Gasteiger partial charge is 0.258 e. The minimum absolute atomic E-state index is 0.101. The Kier molecular flexibility index (Phi) is 7.97. The van der Waals surface area contributed by atoms with Crippen LogP contribution in [0.5, 0.6) is 5.75 Å². The van der Waals surface area contributed by atoms with Crippen LogP contribution in [0, 0.1) is 0 Å². The highest BCUT2D eigenvalue weighted by Gasteiger charge is 2.21. The van der Waals surface area contributed by atoms with Crippen LogP contribution in [0.1, 0.15) is 25.0 Å². The van der Waals surface area contributed by atoms with Crippen molar-refractivity contribution in [1.29, 1.82) is 0 Å². The molecule has 4 rings (SSSR count). The first-order valence-electron chi connectivity index (χ1n) is 11.7. The van der Waals surface area contributed by atoms with Crippen LogP contribution in [0.3, 0.4) is 0 Å². The van der Waals surface area contributed by atoms with Crippen molar-refractivity contribution in [2.24, 2.45) is 0 Å². The Hall–Kier alpha value is -3.75. The fraction of sp³-hybridized carbons (Fsp3) is 0.321. The summed E-state index contributed by atoms with van der Waals surface area (Å²) in [7, 11) is 3.34. The van der Waals surface area contributed by atoms with Gasteiger partial charge in [0.2, 0.25) is 5.82 Å². The third-order valence-corrected chi connectivity index (χ3v) is 5.89. The molecule has 36 heavy (non-hydrogen) atoms. The summed E-state index contributed by atoms with van der Waals surface area (Å²) in [6.45, 7) is 6.25. The van der Waals surface area contributed by atoms with E-state index in [4.69, 9.17) is 18.7 Å². The van der Waals surface area contributed by atoms with E-state index in [1.807, 2.05) is 48.5 Å². The third kappa shape index (κ3) is 6.08. The minimum Gasteiger partial charge on any atom is -0.491 e. The van der Waals surface area contributed by atoms with Gasteiger partial charge in [-0.25, -0.2) is 0 Å². The van der Waals surface area contributed by atoms with E-state index >= 15 is 0 Å². The van der Waals surface area contributed by atoms with Crippen LogP contribution < -0.4 is 10.3 Å². The molecule has 0 N–H and O–H groups in total. The molecule has 0 saturated carbocycles. The Morgan fingerprint density at radius 1 is 0.944 bits per heavy atom. The van der Waals surface area contributed by atoms with Gasteiger partial charge in [0.15, 0.2) is 0 Å². The second kappa shape index (κ2) is 11.3. The highest BCUT2D eigenvalue weighted by atomic mass is 16.5. The number of pyridine rings is 1. The standard InChI is InChI=1S/C28H31N3O5/c1-28(2,19-34-4)23-11-8-21(9-12-23)27-29-26(30-36-27)22-10-13-25(32)31(18-22)17-20-6-5-7-24(16-20)35-15-14-33-3/h5-13,16,18H,14-15,17,19H2,1-4H3. The fourth-order valence-electron chi connectivity index (χ4n) is 3.93. The van der Waals surface area contributed by atoms with Crippen LogP contribution in [0.4, 0.5) is 0 Å². The summed E-state index contributed by atoms with van der Waals surface area (Å²) in [6, 6.07) is 18.9. The Bertz CT molecular complexity index is 1340. The van der Waals surface area contributed by atoms with Gasteiger partial charge >= 0.3 is 0 Å². The van der Waals surface area contributed by atoms with Crippen molar-refractivity contribution in [1.82, 2.24) is 14.7 Å². The Morgan fingerprint density at radius 3 is 2.47 bits per heavy atom. The van der Waals surface area contributed by atoms with Crippen molar-refractivity contribution < 1.29 is 18.7 Å². The SMILES string of the molecule is COCCOc1cccc(Cn2cc(-c3noc(-c4ccc(C(C)(C)COC)cc4)n3)ccc2=O)c1. The molecule has 0 amide bonds. The Balaban J connectivity index is 1.52. The maximum absolute atomic E-state index is 12.5. The van der Waals surface area contributed by atoms with Crippen LogP contribution in [0.25, 0.3) is 22.8 Å². The number of aromatic nitrogens is 3. The molecular weight excluding hydrogens is 458 g/mol. The van der Waals surface area contributed by atoms with Gasteiger partial charge in [-0.3, -0.25) is 4.79 Å². The lowest BCUT2D eigenvalue weighted by Gasteiger charge is -2.24. The second-order valence-electron chi connectivity index (χ2n) is 9.19. The zero-order valence-electron chi connectivity index (χ0n) is 21.1. The molecule has 0 aliphatic heterocycles. The molecule has 0 aliphatic carbocycles. The molecular formula is C28H31N3O5. The molecule has 2 aromatic carbocycles. The monoisotopic (exact) mass is 489 g/mol. The Morgan fingerprint density at radius 2 is 1.72 bits per heavy atom. The van der Waals surface area contributed by atoms with E-state index in [1.165, 1.54) is 6.07 Å². The van der Waals surface area contributed by atoms with Gasteiger partial charge in [0, 0.05) is 43.0 Å². The van der Waals surface area contributed by atoms with Gasteiger partial charge in [-0.2, -0.15) is 4.98 Å². The normalized spacial score (nSPS) is 11.6. The van der Waals surface area contributed by atoms with Gasteiger partial charge in [-0.15, -0.1) is 0 Å². The molecule has 2 heterocycles. The number of rotatable bonds is 11. The van der Waals surface area contributed by atoms with Crippen molar-refractivity contribution in [2.75, 3.05) is 34.0 Å². The molecule has 0 unspecified atom stereocenters. The third-order valence-electron chi connectivity index (χ3n) is 5.89. The molecule has 0 atom stereocenters. The van der Waals surface area contributed by atoms with Crippen LogP contribution in [0.2, 0.25) is 0 Å². The van der Waals surface area contributed by atoms with E-state index in [9.17, 15) is 4.79 Å². The van der Waals surface area contributed by atoms with Crippen LogP contribution in [-0.4, -0.2) is 48.7 Å². The van der Waals surface area contributed by atoms with Crippen LogP contribution in [-0.2, 0) is 21.4 Å². The first kappa shape index (κ1) is 25.3. The van der Waals surface area contributed by atoms with Crippen molar-refractivity contribution in [3.63, 3.8) is 0 Å². The number of nitrogens with zero attached hydrogens (tertiary/aromatic N) is 3. The average molecular weight is 490 g/mol. The molecule has 4 aromatic rings. The quantitative estimate of drug-likeness (QED) is 0.285. The molecule has 8 heteroatoms. The number of ether oxygens (including phenoxy) is 3. The van der Waals surface area contributed by atoms with Crippen molar-refractivity contribution in [3.05, 3.63) is 88.3 Å². The van der Waals surface area contributed by atoms with Gasteiger partial charge < -0.3 is 23.3 Å². The lowest BCUT2D eigenvalue weighted by atomic mass is 9.85. The first-order chi connectivity index (χ1) is 17.4. The van der Waals surface area contributed by atoms with E-state index in [0.717, 1.165) is 22.4 Å². The van der Waals surface area contributed by atoms with Gasteiger partial charge in [0.05, 0.1) is 19.8 Å². The molecule has 188 valence electrons. The predicted molar refractivity (Wildman–Crippen MR) is 137 cm³/mol. The number of hydrogen-bond donors (Lipinski definition) is 0. The highest BCUT2D eigenvalue weighted by Crippen LogP contribution is 2.27. The zero-order chi connectivity index (χ0) is 25.5. The molecule has 0 bridgehead atoms. The summed E-state index contributed by atoms with van der Waals surface area (Å²) in [6.07, 6.45) is 1.74. The average Bonchev–Trinajstić information content (AvgIpc) is 3.36. The molecule has 2 aromatic heterocycles. The molecule has 0 aliphatic rings. The minimum atomic E-state index is -0.123. The second-order valence-corrected chi connectivity index (χ2v) is 9.19. The number of methoxy groups -OCH3 is 2. The first-order valence-corrected chi connectivity index (χ1v) is 11.7. The van der Waals surface area contributed by atoms with E-state index in [1.54, 1.807) is 31.0 Å². The van der Waals surface area contributed by atoms with E-state index in [-0.39, 0.29) is 11.0 Å². The lowest BCUT2D eigenvalue weighted by Crippen LogP contribution is -2.23. The molecule has 8 nitrogen and oxygen atoms in total. The number of hydrogen-bond acceptors (Lipinski definition) is 7. The summed E-state index contributed by atoms with van der Waals surface area (Å²) >= 11 is 0. The molecule has 0 spiro atoms. The summed E-state index contributed by atoms with van der Waals surface area (Å²) < 4.78 is 23.2. The summed E-state index contributed by atoms with van der Waals surface area (Å²) in [4.78, 5) is 17.1. The summed E-state index contributed by atoms with van der Waals surface area (Å²) in [5.41, 5.74) is 3.39. The molecule has 0 saturated heterocycles. The predicted octanol–water partition coefficient (Wildman–Crippen LogP) is 4.56. The van der Waals surface area contributed by atoms with E-state index in [0.29, 0.717) is 43.6 Å². The largest absolute Gasteiger partial charge is 0.491 e. The number of benzene rings is 2. The van der Waals surface area contributed by atoms with Gasteiger partial charge in [0.25, 0.3) is 11.4 Å². The Labute approximate surface area is 210 Å². The fourth-order valence-corrected chi connectivity index (χ4v) is 3.93. The van der Waals surface area contributed by atoms with E-state index in [2.05, 4.69) is 24.0 Å². The van der Waals surface area contributed by atoms with Gasteiger partial charge in [0.1, 0.15) is 12.4 Å². The van der Waals surface area contributed by atoms with Crippen LogP contribution >= 0.6 is 0 Å². The van der Waals surface area contributed by atoms with Crippen molar-refractivity contribution >= 4 is 0 Å². The topological polar surface area (TPSA) is 88.6 Å². The maximum atomic E-state index is 12.5. The van der Waals surface area contributed by atoms with Crippen LogP contribution in [0.15, 0.2) is 76.2 Å². The lowest BCUT2D eigenvalue weighted by molar-refractivity contribution is 0.146. The van der Waals surface area contributed by atoms with E-state index < -0.39 is 0 Å². The summed E-state index contributed by atoms with van der Waals surface area (Å²) in [5.74, 6) is 1.56. The summed E-state index contributed by atoms with van der Waals surface area (Å²) in [5, 5.41) is 4.14. The molecule has 0 fully saturated rings. The van der Waals surface area contributed by atoms with Crippen molar-refractivity contribution in [3.8, 4) is 28.6 Å².